The zero-order valence-electron chi connectivity index (χ0n) is 54.9. The molecule has 6 nitrogen and oxygen atoms in total. The van der Waals surface area contributed by atoms with Gasteiger partial charge < -0.3 is 14.2 Å². The second-order valence-electron chi connectivity index (χ2n) is 23.7. The molecule has 0 aromatic rings. The molecule has 6 heteroatoms. The monoisotopic (exact) mass is 1160 g/mol. The number of ether oxygens (including phenoxy) is 3. The molecule has 0 heterocycles. The van der Waals surface area contributed by atoms with Crippen molar-refractivity contribution in [3.63, 3.8) is 0 Å². The molecule has 0 aliphatic carbocycles. The van der Waals surface area contributed by atoms with Crippen molar-refractivity contribution in [2.45, 2.75) is 361 Å². The van der Waals surface area contributed by atoms with Crippen molar-refractivity contribution in [3.8, 4) is 0 Å². The molecule has 1 unspecified atom stereocenters. The predicted molar refractivity (Wildman–Crippen MR) is 362 cm³/mol. The van der Waals surface area contributed by atoms with Crippen molar-refractivity contribution >= 4 is 17.9 Å². The van der Waals surface area contributed by atoms with Gasteiger partial charge in [0.25, 0.3) is 0 Å². The Balaban J connectivity index is 4.13. The average molecular weight is 1160 g/mol. The topological polar surface area (TPSA) is 78.9 Å². The van der Waals surface area contributed by atoms with E-state index in [2.05, 4.69) is 112 Å². The SMILES string of the molecule is CC/C=C\C/C=C\C/C=C\C/C=C\CCCCCCCCCCCCCCCCCCCCCCCCC(=O)OCC(COC(=O)CC/C=C\C/C=C\C/C=C\C/C=C\CC)OC(=O)CCCCCCCCCCCCCCCCCCC. The van der Waals surface area contributed by atoms with Crippen LogP contribution in [0.3, 0.4) is 0 Å². The zero-order chi connectivity index (χ0) is 59.9. The van der Waals surface area contributed by atoms with E-state index in [9.17, 15) is 14.4 Å². The molecule has 0 bridgehead atoms. The highest BCUT2D eigenvalue weighted by Gasteiger charge is 2.19. The van der Waals surface area contributed by atoms with E-state index in [-0.39, 0.29) is 37.5 Å². The fraction of sp³-hybridized carbons (Fsp3) is 0.753. The second kappa shape index (κ2) is 70.8. The lowest BCUT2D eigenvalue weighted by molar-refractivity contribution is -0.166. The van der Waals surface area contributed by atoms with E-state index in [0.29, 0.717) is 19.3 Å². The van der Waals surface area contributed by atoms with E-state index in [0.717, 1.165) is 89.9 Å². The quantitative estimate of drug-likeness (QED) is 0.0261. The molecule has 0 saturated heterocycles. The maximum Gasteiger partial charge on any atom is 0.306 e. The molecular weight excluding hydrogens is 1020 g/mol. The molecular formula is C77H134O6. The van der Waals surface area contributed by atoms with Crippen LogP contribution in [-0.2, 0) is 28.6 Å². The Labute approximate surface area is 515 Å². The number of unbranched alkanes of at least 4 members (excludes halogenated alkanes) is 38. The van der Waals surface area contributed by atoms with Gasteiger partial charge in [-0.1, -0.05) is 349 Å². The van der Waals surface area contributed by atoms with Crippen molar-refractivity contribution in [3.05, 3.63) is 97.2 Å². The van der Waals surface area contributed by atoms with Gasteiger partial charge in [0.1, 0.15) is 13.2 Å². The van der Waals surface area contributed by atoms with Crippen molar-refractivity contribution in [2.24, 2.45) is 0 Å². The molecule has 1 atom stereocenters. The van der Waals surface area contributed by atoms with Crippen LogP contribution in [0.2, 0.25) is 0 Å². The lowest BCUT2D eigenvalue weighted by atomic mass is 10.0. The first-order valence-corrected chi connectivity index (χ1v) is 35.7. The summed E-state index contributed by atoms with van der Waals surface area (Å²) in [5.41, 5.74) is 0. The zero-order valence-corrected chi connectivity index (χ0v) is 54.9. The van der Waals surface area contributed by atoms with E-state index in [1.54, 1.807) is 0 Å². The van der Waals surface area contributed by atoms with Gasteiger partial charge in [-0.25, -0.2) is 0 Å². The van der Waals surface area contributed by atoms with Gasteiger partial charge in [0.15, 0.2) is 6.10 Å². The molecule has 478 valence electrons. The van der Waals surface area contributed by atoms with Crippen LogP contribution in [0.25, 0.3) is 0 Å². The van der Waals surface area contributed by atoms with Gasteiger partial charge in [-0.2, -0.15) is 0 Å². The van der Waals surface area contributed by atoms with Crippen LogP contribution in [0, 0.1) is 0 Å². The number of hydrogen-bond donors (Lipinski definition) is 0. The fourth-order valence-corrected chi connectivity index (χ4v) is 10.3. The molecule has 0 aliphatic rings. The fourth-order valence-electron chi connectivity index (χ4n) is 10.3. The van der Waals surface area contributed by atoms with Crippen molar-refractivity contribution in [1.82, 2.24) is 0 Å². The summed E-state index contributed by atoms with van der Waals surface area (Å²) in [6.45, 7) is 6.40. The van der Waals surface area contributed by atoms with Crippen LogP contribution in [0.1, 0.15) is 355 Å². The molecule has 0 N–H and O–H groups in total. The number of carbonyl (C=O) groups is 3. The molecule has 0 saturated carbocycles. The third-order valence-electron chi connectivity index (χ3n) is 15.6. The summed E-state index contributed by atoms with van der Waals surface area (Å²) in [7, 11) is 0. The summed E-state index contributed by atoms with van der Waals surface area (Å²) >= 11 is 0. The summed E-state index contributed by atoms with van der Waals surface area (Å²) in [5.74, 6) is -0.959. The highest BCUT2D eigenvalue weighted by Crippen LogP contribution is 2.18. The Kier molecular flexibility index (Phi) is 67.7. The first-order valence-electron chi connectivity index (χ1n) is 35.7. The third kappa shape index (κ3) is 69.0. The molecule has 0 spiro atoms. The summed E-state index contributed by atoms with van der Waals surface area (Å²) in [6, 6.07) is 0. The molecule has 0 amide bonds. The Morgan fingerprint density at radius 1 is 0.253 bits per heavy atom. The van der Waals surface area contributed by atoms with Gasteiger partial charge in [0, 0.05) is 19.3 Å². The Hall–Kier alpha value is -3.67. The first-order chi connectivity index (χ1) is 41.0. The van der Waals surface area contributed by atoms with E-state index < -0.39 is 6.10 Å². The van der Waals surface area contributed by atoms with E-state index in [4.69, 9.17) is 14.2 Å². The van der Waals surface area contributed by atoms with Gasteiger partial charge >= 0.3 is 17.9 Å². The van der Waals surface area contributed by atoms with E-state index in [1.165, 1.54) is 218 Å². The molecule has 0 aromatic heterocycles. The average Bonchev–Trinajstić information content (AvgIpc) is 3.49. The third-order valence-corrected chi connectivity index (χ3v) is 15.6. The Morgan fingerprint density at radius 3 is 0.807 bits per heavy atom. The Morgan fingerprint density at radius 2 is 0.494 bits per heavy atom. The summed E-state index contributed by atoms with van der Waals surface area (Å²) < 4.78 is 16.9. The minimum absolute atomic E-state index is 0.0936. The van der Waals surface area contributed by atoms with Gasteiger partial charge in [-0.15, -0.1) is 0 Å². The number of hydrogen-bond acceptors (Lipinski definition) is 6. The standard InChI is InChI=1S/C77H134O6/c1-4-7-10-13-16-19-22-25-27-29-30-31-32-33-34-35-36-37-38-39-40-41-42-43-44-45-46-48-49-52-55-58-61-64-67-70-76(79)82-73-74(72-81-75(78)69-66-63-60-57-54-51-24-21-18-15-12-9-6-3)83-77(80)71-68-65-62-59-56-53-50-47-28-26-23-20-17-14-11-8-5-2/h7,9-10,12,16,18-19,21,25,27,30-31,51,54,60,63,74H,4-6,8,11,13-15,17,20,22-24,26,28-29,32-50,52-53,55-59,61-62,64-73H2,1-3H3/b10-7-,12-9-,19-16-,21-18-,27-25-,31-30-,54-51-,63-60-. The van der Waals surface area contributed by atoms with Gasteiger partial charge in [-0.3, -0.25) is 14.4 Å². The summed E-state index contributed by atoms with van der Waals surface area (Å²) in [5, 5.41) is 0. The molecule has 83 heavy (non-hydrogen) atoms. The molecule has 0 aliphatic heterocycles. The van der Waals surface area contributed by atoms with Crippen LogP contribution < -0.4 is 0 Å². The van der Waals surface area contributed by atoms with Crippen molar-refractivity contribution in [1.29, 1.82) is 0 Å². The van der Waals surface area contributed by atoms with Crippen LogP contribution in [0.15, 0.2) is 97.2 Å². The summed E-state index contributed by atoms with van der Waals surface area (Å²) in [4.78, 5) is 38.3. The normalized spacial score (nSPS) is 12.7. The lowest BCUT2D eigenvalue weighted by Crippen LogP contribution is -2.30. The van der Waals surface area contributed by atoms with E-state index >= 15 is 0 Å². The van der Waals surface area contributed by atoms with Gasteiger partial charge in [0.2, 0.25) is 0 Å². The van der Waals surface area contributed by atoms with Crippen molar-refractivity contribution < 1.29 is 28.6 Å². The maximum absolute atomic E-state index is 12.9. The number of carbonyl (C=O) groups excluding carboxylic acids is 3. The minimum atomic E-state index is -0.803. The lowest BCUT2D eigenvalue weighted by Gasteiger charge is -2.18. The number of rotatable bonds is 65. The molecule has 0 rings (SSSR count). The van der Waals surface area contributed by atoms with E-state index in [1.807, 2.05) is 6.08 Å². The first kappa shape index (κ1) is 79.3. The number of allylic oxidation sites excluding steroid dienone is 16. The van der Waals surface area contributed by atoms with Gasteiger partial charge in [0.05, 0.1) is 0 Å². The van der Waals surface area contributed by atoms with Crippen LogP contribution in [0.4, 0.5) is 0 Å². The highest BCUT2D eigenvalue weighted by atomic mass is 16.6. The second-order valence-corrected chi connectivity index (χ2v) is 23.7. The van der Waals surface area contributed by atoms with Crippen molar-refractivity contribution in [2.75, 3.05) is 13.2 Å². The smallest absolute Gasteiger partial charge is 0.306 e. The Bertz CT molecular complexity index is 1610. The minimum Gasteiger partial charge on any atom is -0.462 e. The van der Waals surface area contributed by atoms with Crippen LogP contribution in [-0.4, -0.2) is 37.2 Å². The van der Waals surface area contributed by atoms with Crippen LogP contribution in [0.5, 0.6) is 0 Å². The predicted octanol–water partition coefficient (Wildman–Crippen LogP) is 24.8. The number of esters is 3. The summed E-state index contributed by atoms with van der Waals surface area (Å²) in [6.07, 6.45) is 96.2. The molecule has 0 radical (unpaired) electrons. The molecule has 0 fully saturated rings. The van der Waals surface area contributed by atoms with Gasteiger partial charge in [-0.05, 0) is 83.5 Å². The maximum atomic E-state index is 12.9. The highest BCUT2D eigenvalue weighted by molar-refractivity contribution is 5.71. The largest absolute Gasteiger partial charge is 0.462 e. The molecule has 0 aromatic carbocycles. The van der Waals surface area contributed by atoms with Crippen LogP contribution >= 0.6 is 0 Å².